The van der Waals surface area contributed by atoms with Crippen LogP contribution in [-0.2, 0) is 9.53 Å². The van der Waals surface area contributed by atoms with Crippen LogP contribution in [0.3, 0.4) is 0 Å². The van der Waals surface area contributed by atoms with Crippen LogP contribution in [0.5, 0.6) is 11.5 Å². The molecule has 3 aliphatic heterocycles. The third kappa shape index (κ3) is 2.30. The molecule has 1 aromatic rings. The summed E-state index contributed by atoms with van der Waals surface area (Å²) in [5, 5.41) is 0. The smallest absolute Gasteiger partial charge is 0.335 e. The van der Waals surface area contributed by atoms with Crippen molar-refractivity contribution in [3.05, 3.63) is 29.3 Å². The Balaban J connectivity index is 1.80. The summed E-state index contributed by atoms with van der Waals surface area (Å²) in [5.74, 6) is 0.618. The summed E-state index contributed by atoms with van der Waals surface area (Å²) in [6, 6.07) is 6.58. The van der Waals surface area contributed by atoms with Gasteiger partial charge in [-0.05, 0) is 49.6 Å². The first-order valence-electron chi connectivity index (χ1n) is 8.45. The minimum atomic E-state index is -0.647. The summed E-state index contributed by atoms with van der Waals surface area (Å²) in [4.78, 5) is 14.8. The third-order valence-electron chi connectivity index (χ3n) is 5.35. The molecule has 0 aliphatic carbocycles. The van der Waals surface area contributed by atoms with E-state index in [1.165, 1.54) is 7.11 Å². The molecule has 2 bridgehead atoms. The van der Waals surface area contributed by atoms with E-state index in [2.05, 4.69) is 11.9 Å². The molecule has 0 unspecified atom stereocenters. The van der Waals surface area contributed by atoms with Crippen molar-refractivity contribution in [2.45, 2.75) is 51.0 Å². The van der Waals surface area contributed by atoms with Crippen molar-refractivity contribution < 1.29 is 19.0 Å². The van der Waals surface area contributed by atoms with Gasteiger partial charge in [0.1, 0.15) is 0 Å². The molecule has 3 aliphatic rings. The Morgan fingerprint density at radius 1 is 1.25 bits per heavy atom. The van der Waals surface area contributed by atoms with Gasteiger partial charge in [-0.25, -0.2) is 4.79 Å². The fraction of sp³-hybridized carbons (Fsp3) is 0.526. The summed E-state index contributed by atoms with van der Waals surface area (Å²) >= 11 is 0. The van der Waals surface area contributed by atoms with Crippen LogP contribution in [0, 0.1) is 0 Å². The first-order valence-corrected chi connectivity index (χ1v) is 8.45. The zero-order valence-corrected chi connectivity index (χ0v) is 14.6. The largest absolute Gasteiger partial charge is 0.466 e. The SMILES string of the molecule is COC(=O)C1=C(c2ccc3c(c2)OC(C)(C)O3)C[C@@H]2CC[C@H]1N2C. The van der Waals surface area contributed by atoms with E-state index in [0.717, 1.165) is 47.5 Å². The maximum absolute atomic E-state index is 12.5. The van der Waals surface area contributed by atoms with Crippen molar-refractivity contribution in [2.24, 2.45) is 0 Å². The van der Waals surface area contributed by atoms with Gasteiger partial charge in [0.05, 0.1) is 12.7 Å². The number of hydrogen-bond donors (Lipinski definition) is 0. The van der Waals surface area contributed by atoms with Crippen LogP contribution < -0.4 is 9.47 Å². The molecule has 0 radical (unpaired) electrons. The van der Waals surface area contributed by atoms with Crippen molar-refractivity contribution in [1.82, 2.24) is 4.90 Å². The van der Waals surface area contributed by atoms with Gasteiger partial charge >= 0.3 is 5.97 Å². The normalized spacial score (nSPS) is 27.5. The highest BCUT2D eigenvalue weighted by molar-refractivity contribution is 6.00. The number of carbonyl (C=O) groups is 1. The number of rotatable bonds is 2. The lowest BCUT2D eigenvalue weighted by Crippen LogP contribution is -2.40. The number of benzene rings is 1. The topological polar surface area (TPSA) is 48.0 Å². The number of fused-ring (bicyclic) bond motifs is 3. The predicted octanol–water partition coefficient (Wildman–Crippen LogP) is 2.99. The van der Waals surface area contributed by atoms with Gasteiger partial charge in [-0.15, -0.1) is 0 Å². The average molecular weight is 329 g/mol. The third-order valence-corrected chi connectivity index (χ3v) is 5.35. The number of esters is 1. The zero-order chi connectivity index (χ0) is 17.1. The quantitative estimate of drug-likeness (QED) is 0.781. The number of carbonyl (C=O) groups excluding carboxylic acids is 1. The van der Waals surface area contributed by atoms with Crippen molar-refractivity contribution in [1.29, 1.82) is 0 Å². The summed E-state index contributed by atoms with van der Waals surface area (Å²) in [5.41, 5.74) is 2.91. The molecule has 5 heteroatoms. The van der Waals surface area contributed by atoms with Crippen LogP contribution in [0.2, 0.25) is 0 Å². The van der Waals surface area contributed by atoms with Gasteiger partial charge < -0.3 is 14.2 Å². The zero-order valence-electron chi connectivity index (χ0n) is 14.6. The molecular weight excluding hydrogens is 306 g/mol. The molecule has 4 rings (SSSR count). The molecule has 1 saturated heterocycles. The van der Waals surface area contributed by atoms with Gasteiger partial charge in [0.25, 0.3) is 0 Å². The van der Waals surface area contributed by atoms with Crippen LogP contribution in [-0.4, -0.2) is 42.9 Å². The lowest BCUT2D eigenvalue weighted by atomic mass is 9.88. The summed E-state index contributed by atoms with van der Waals surface area (Å²) in [6.45, 7) is 3.78. The van der Waals surface area contributed by atoms with Crippen molar-refractivity contribution in [3.8, 4) is 11.5 Å². The Labute approximate surface area is 142 Å². The van der Waals surface area contributed by atoms with Gasteiger partial charge in [0.2, 0.25) is 5.79 Å². The highest BCUT2D eigenvalue weighted by Gasteiger charge is 2.42. The maximum Gasteiger partial charge on any atom is 0.335 e. The second-order valence-electron chi connectivity index (χ2n) is 7.27. The van der Waals surface area contributed by atoms with E-state index in [1.807, 2.05) is 32.0 Å². The summed E-state index contributed by atoms with van der Waals surface area (Å²) in [6.07, 6.45) is 2.98. The predicted molar refractivity (Wildman–Crippen MR) is 89.9 cm³/mol. The first-order chi connectivity index (χ1) is 11.4. The molecule has 0 saturated carbocycles. The van der Waals surface area contributed by atoms with Crippen LogP contribution in [0.25, 0.3) is 5.57 Å². The molecule has 5 nitrogen and oxygen atoms in total. The Morgan fingerprint density at radius 3 is 2.75 bits per heavy atom. The van der Waals surface area contributed by atoms with E-state index >= 15 is 0 Å². The van der Waals surface area contributed by atoms with Crippen LogP contribution in [0.1, 0.15) is 38.7 Å². The standard InChI is InChI=1S/C19H23NO4/c1-19(2)23-15-8-5-11(9-16(15)24-19)13-10-12-6-7-14(20(12)3)17(13)18(21)22-4/h5,8-9,12,14H,6-7,10H2,1-4H3/t12-,14+/m0/s1. The average Bonchev–Trinajstić information content (AvgIpc) is 2.96. The Bertz CT molecular complexity index is 737. The Kier molecular flexibility index (Phi) is 3.39. The molecule has 0 N–H and O–H groups in total. The van der Waals surface area contributed by atoms with Gasteiger partial charge in [-0.3, -0.25) is 4.90 Å². The summed E-state index contributed by atoms with van der Waals surface area (Å²) in [7, 11) is 3.56. The van der Waals surface area contributed by atoms with Gasteiger partial charge in [0, 0.05) is 25.9 Å². The molecular formula is C19H23NO4. The van der Waals surface area contributed by atoms with E-state index in [-0.39, 0.29) is 12.0 Å². The van der Waals surface area contributed by atoms with E-state index in [1.54, 1.807) is 0 Å². The second kappa shape index (κ2) is 5.24. The first kappa shape index (κ1) is 15.5. The minimum absolute atomic E-state index is 0.146. The number of hydrogen-bond acceptors (Lipinski definition) is 5. The van der Waals surface area contributed by atoms with E-state index in [4.69, 9.17) is 14.2 Å². The lowest BCUT2D eigenvalue weighted by molar-refractivity contribution is -0.136. The van der Waals surface area contributed by atoms with Crippen LogP contribution in [0.4, 0.5) is 0 Å². The number of methoxy groups -OCH3 is 1. The molecule has 1 aromatic carbocycles. The number of ether oxygens (including phenoxy) is 3. The molecule has 0 spiro atoms. The highest BCUT2D eigenvalue weighted by atomic mass is 16.7. The van der Waals surface area contributed by atoms with Crippen molar-refractivity contribution >= 4 is 11.5 Å². The lowest BCUT2D eigenvalue weighted by Gasteiger charge is -2.34. The number of likely N-dealkylation sites (N-methyl/N-ethyl adjacent to an activating group) is 1. The Hall–Kier alpha value is -2.01. The molecule has 24 heavy (non-hydrogen) atoms. The summed E-state index contributed by atoms with van der Waals surface area (Å²) < 4.78 is 16.7. The number of nitrogens with zero attached hydrogens (tertiary/aromatic N) is 1. The maximum atomic E-state index is 12.5. The monoisotopic (exact) mass is 329 g/mol. The fourth-order valence-electron chi connectivity index (χ4n) is 4.21. The van der Waals surface area contributed by atoms with Crippen LogP contribution in [0.15, 0.2) is 23.8 Å². The molecule has 2 atom stereocenters. The van der Waals surface area contributed by atoms with Gasteiger partial charge in [-0.1, -0.05) is 6.07 Å². The van der Waals surface area contributed by atoms with Gasteiger partial charge in [-0.2, -0.15) is 0 Å². The van der Waals surface area contributed by atoms with Gasteiger partial charge in [0.15, 0.2) is 11.5 Å². The Morgan fingerprint density at radius 2 is 2.00 bits per heavy atom. The van der Waals surface area contributed by atoms with E-state index in [0.29, 0.717) is 6.04 Å². The second-order valence-corrected chi connectivity index (χ2v) is 7.27. The molecule has 0 amide bonds. The van der Waals surface area contributed by atoms with Crippen molar-refractivity contribution in [3.63, 3.8) is 0 Å². The van der Waals surface area contributed by atoms with E-state index < -0.39 is 5.79 Å². The molecule has 3 heterocycles. The van der Waals surface area contributed by atoms with E-state index in [9.17, 15) is 4.79 Å². The molecule has 128 valence electrons. The van der Waals surface area contributed by atoms with Crippen molar-refractivity contribution in [2.75, 3.05) is 14.2 Å². The molecule has 1 fully saturated rings. The minimum Gasteiger partial charge on any atom is -0.466 e. The fourth-order valence-corrected chi connectivity index (χ4v) is 4.21. The highest BCUT2D eigenvalue weighted by Crippen LogP contribution is 2.46. The molecule has 0 aromatic heterocycles. The van der Waals surface area contributed by atoms with Crippen LogP contribution >= 0.6 is 0 Å².